The Hall–Kier alpha value is -4.39. The van der Waals surface area contributed by atoms with E-state index in [4.69, 9.17) is 5.73 Å². The lowest BCUT2D eigenvalue weighted by Gasteiger charge is -2.20. The summed E-state index contributed by atoms with van der Waals surface area (Å²) in [5, 5.41) is 0. The van der Waals surface area contributed by atoms with Crippen molar-refractivity contribution in [3.05, 3.63) is 117 Å². The van der Waals surface area contributed by atoms with Gasteiger partial charge in [0.2, 0.25) is 5.91 Å². The summed E-state index contributed by atoms with van der Waals surface area (Å²) in [7, 11) is 1.49. The molecule has 0 saturated carbocycles. The van der Waals surface area contributed by atoms with Gasteiger partial charge < -0.3 is 10.6 Å². The van der Waals surface area contributed by atoms with Crippen LogP contribution in [0.15, 0.2) is 94.5 Å². The van der Waals surface area contributed by atoms with Crippen LogP contribution in [0.25, 0.3) is 11.1 Å². The molecule has 33 heavy (non-hydrogen) atoms. The van der Waals surface area contributed by atoms with Crippen molar-refractivity contribution in [3.8, 4) is 11.1 Å². The highest BCUT2D eigenvalue weighted by atomic mass is 16.2. The average molecular weight is 441 g/mol. The fourth-order valence-corrected chi connectivity index (χ4v) is 3.69. The molecule has 4 aromatic rings. The molecule has 0 aliphatic carbocycles. The van der Waals surface area contributed by atoms with E-state index in [-0.39, 0.29) is 30.4 Å². The molecule has 0 bridgehead atoms. The summed E-state index contributed by atoms with van der Waals surface area (Å²) in [4.78, 5) is 41.3. The lowest BCUT2D eigenvalue weighted by molar-refractivity contribution is -0.117. The zero-order valence-corrected chi connectivity index (χ0v) is 18.2. The molecule has 3 aromatic carbocycles. The van der Waals surface area contributed by atoms with Crippen molar-refractivity contribution < 1.29 is 4.79 Å². The van der Waals surface area contributed by atoms with Gasteiger partial charge in [-0.1, -0.05) is 84.9 Å². The molecule has 0 atom stereocenters. The Morgan fingerprint density at radius 1 is 0.848 bits per heavy atom. The first-order valence-corrected chi connectivity index (χ1v) is 10.5. The number of amides is 1. The maximum Gasteiger partial charge on any atom is 0.330 e. The Morgan fingerprint density at radius 2 is 1.42 bits per heavy atom. The molecule has 0 fully saturated rings. The molecule has 166 valence electrons. The van der Waals surface area contributed by atoms with Crippen LogP contribution in [-0.2, 0) is 17.8 Å². The number of nitrogens with two attached hydrogens (primary N) is 1. The van der Waals surface area contributed by atoms with Gasteiger partial charge in [0.25, 0.3) is 5.56 Å². The van der Waals surface area contributed by atoms with E-state index in [1.54, 1.807) is 0 Å². The SMILES string of the molecule is CN(C(=O)Cc1ccc(-c2ccccc2)cc1)c1c(N)n(Cc2ccccc2)c(=O)[nH]c1=O. The second-order valence-corrected chi connectivity index (χ2v) is 7.76. The number of aromatic amines is 1. The first-order chi connectivity index (χ1) is 15.9. The van der Waals surface area contributed by atoms with E-state index in [1.165, 1.54) is 16.5 Å². The van der Waals surface area contributed by atoms with Gasteiger partial charge in [0, 0.05) is 7.05 Å². The number of anilines is 2. The largest absolute Gasteiger partial charge is 0.383 e. The van der Waals surface area contributed by atoms with Crippen molar-refractivity contribution in [3.63, 3.8) is 0 Å². The number of nitrogens with one attached hydrogen (secondary N) is 1. The lowest BCUT2D eigenvalue weighted by Crippen LogP contribution is -2.39. The van der Waals surface area contributed by atoms with E-state index < -0.39 is 11.2 Å². The van der Waals surface area contributed by atoms with Crippen LogP contribution in [0.2, 0.25) is 0 Å². The van der Waals surface area contributed by atoms with Gasteiger partial charge >= 0.3 is 5.69 Å². The van der Waals surface area contributed by atoms with Crippen molar-refractivity contribution in [1.29, 1.82) is 0 Å². The molecule has 0 saturated heterocycles. The summed E-state index contributed by atoms with van der Waals surface area (Å²) in [6.45, 7) is 0.179. The molecular formula is C26H24N4O3. The van der Waals surface area contributed by atoms with Gasteiger partial charge in [-0.2, -0.15) is 0 Å². The molecule has 0 aliphatic rings. The van der Waals surface area contributed by atoms with Crippen LogP contribution < -0.4 is 21.9 Å². The number of rotatable bonds is 6. The zero-order chi connectivity index (χ0) is 23.4. The highest BCUT2D eigenvalue weighted by molar-refractivity contribution is 5.96. The number of aromatic nitrogens is 2. The Balaban J connectivity index is 1.56. The molecule has 7 heteroatoms. The minimum atomic E-state index is -0.697. The number of nitrogens with zero attached hydrogens (tertiary/aromatic N) is 2. The fraction of sp³-hybridized carbons (Fsp3) is 0.115. The van der Waals surface area contributed by atoms with Gasteiger partial charge in [-0.05, 0) is 22.3 Å². The Labute approximate surface area is 190 Å². The van der Waals surface area contributed by atoms with Gasteiger partial charge in [0.1, 0.15) is 5.82 Å². The summed E-state index contributed by atoms with van der Waals surface area (Å²) in [6, 6.07) is 26.9. The first-order valence-electron chi connectivity index (χ1n) is 10.5. The van der Waals surface area contributed by atoms with Gasteiger partial charge in [-0.15, -0.1) is 0 Å². The van der Waals surface area contributed by atoms with Gasteiger partial charge in [-0.25, -0.2) is 4.79 Å². The minimum Gasteiger partial charge on any atom is -0.383 e. The van der Waals surface area contributed by atoms with E-state index in [2.05, 4.69) is 4.98 Å². The predicted molar refractivity (Wildman–Crippen MR) is 130 cm³/mol. The zero-order valence-electron chi connectivity index (χ0n) is 18.2. The molecule has 0 unspecified atom stereocenters. The third-order valence-corrected chi connectivity index (χ3v) is 5.52. The molecular weight excluding hydrogens is 416 g/mol. The predicted octanol–water partition coefficient (Wildman–Crippen LogP) is 3.04. The third kappa shape index (κ3) is 4.77. The average Bonchev–Trinajstić information content (AvgIpc) is 2.83. The van der Waals surface area contributed by atoms with Crippen LogP contribution in [0, 0.1) is 0 Å². The van der Waals surface area contributed by atoms with Gasteiger partial charge in [0.15, 0.2) is 5.69 Å². The highest BCUT2D eigenvalue weighted by Gasteiger charge is 2.21. The number of carbonyl (C=O) groups excluding carboxylic acids is 1. The van der Waals surface area contributed by atoms with Crippen molar-refractivity contribution in [2.24, 2.45) is 0 Å². The first kappa shape index (κ1) is 21.8. The number of H-pyrrole nitrogens is 1. The Kier molecular flexibility index (Phi) is 6.22. The van der Waals surface area contributed by atoms with Gasteiger partial charge in [0.05, 0.1) is 13.0 Å². The number of nitrogen functional groups attached to an aromatic ring is 1. The van der Waals surface area contributed by atoms with Crippen LogP contribution in [-0.4, -0.2) is 22.5 Å². The van der Waals surface area contributed by atoms with E-state index >= 15 is 0 Å². The van der Waals surface area contributed by atoms with Crippen LogP contribution in [0.5, 0.6) is 0 Å². The van der Waals surface area contributed by atoms with Crippen LogP contribution in [0.4, 0.5) is 11.5 Å². The van der Waals surface area contributed by atoms with E-state index in [0.29, 0.717) is 0 Å². The highest BCUT2D eigenvalue weighted by Crippen LogP contribution is 2.21. The topological polar surface area (TPSA) is 101 Å². The van der Waals surface area contributed by atoms with Crippen molar-refractivity contribution in [1.82, 2.24) is 9.55 Å². The van der Waals surface area contributed by atoms with Crippen LogP contribution >= 0.6 is 0 Å². The summed E-state index contributed by atoms with van der Waals surface area (Å²) in [5.41, 5.74) is 8.62. The number of hydrogen-bond donors (Lipinski definition) is 2. The summed E-state index contributed by atoms with van der Waals surface area (Å²) < 4.78 is 1.25. The maximum absolute atomic E-state index is 13.0. The molecule has 1 aromatic heterocycles. The molecule has 1 amide bonds. The van der Waals surface area contributed by atoms with Crippen LogP contribution in [0.1, 0.15) is 11.1 Å². The molecule has 4 rings (SSSR count). The molecule has 0 spiro atoms. The smallest absolute Gasteiger partial charge is 0.330 e. The number of carbonyl (C=O) groups is 1. The number of hydrogen-bond acceptors (Lipinski definition) is 4. The van der Waals surface area contributed by atoms with Crippen molar-refractivity contribution in [2.75, 3.05) is 17.7 Å². The summed E-state index contributed by atoms with van der Waals surface area (Å²) in [6.07, 6.45) is 0.0856. The second-order valence-electron chi connectivity index (χ2n) is 7.76. The summed E-state index contributed by atoms with van der Waals surface area (Å²) >= 11 is 0. The Bertz CT molecular complexity index is 1380. The third-order valence-electron chi connectivity index (χ3n) is 5.52. The molecule has 0 radical (unpaired) electrons. The van der Waals surface area contributed by atoms with Crippen LogP contribution in [0.3, 0.4) is 0 Å². The van der Waals surface area contributed by atoms with E-state index in [9.17, 15) is 14.4 Å². The quantitative estimate of drug-likeness (QED) is 0.481. The number of likely N-dealkylation sites (N-methyl/N-ethyl adjacent to an activating group) is 1. The Morgan fingerprint density at radius 3 is 2.06 bits per heavy atom. The monoisotopic (exact) mass is 440 g/mol. The second kappa shape index (κ2) is 9.40. The molecule has 1 heterocycles. The van der Waals surface area contributed by atoms with E-state index in [0.717, 1.165) is 22.3 Å². The van der Waals surface area contributed by atoms with Gasteiger partial charge in [-0.3, -0.25) is 19.1 Å². The van der Waals surface area contributed by atoms with Crippen molar-refractivity contribution >= 4 is 17.4 Å². The normalized spacial score (nSPS) is 10.7. The standard InChI is InChI=1S/C26H24N4O3/c1-29(22(31)16-18-12-14-21(15-13-18)20-10-6-3-7-11-20)23-24(27)30(26(33)28-25(23)32)17-19-8-4-2-5-9-19/h2-15H,16-17,27H2,1H3,(H,28,32,33). The molecule has 0 aliphatic heterocycles. The molecule has 7 nitrogen and oxygen atoms in total. The van der Waals surface area contributed by atoms with Crippen molar-refractivity contribution in [2.45, 2.75) is 13.0 Å². The summed E-state index contributed by atoms with van der Waals surface area (Å²) in [5.74, 6) is -0.368. The lowest BCUT2D eigenvalue weighted by atomic mass is 10.0. The maximum atomic E-state index is 13.0. The minimum absolute atomic E-state index is 0.0450. The molecule has 3 N–H and O–H groups in total. The fourth-order valence-electron chi connectivity index (χ4n) is 3.69. The van der Waals surface area contributed by atoms with E-state index in [1.807, 2.05) is 84.9 Å². The number of benzene rings is 3.